The van der Waals surface area contributed by atoms with Crippen LogP contribution < -0.4 is 0 Å². The number of aliphatic hydroxyl groups is 1. The monoisotopic (exact) mass is 180 g/mol. The maximum Gasteiger partial charge on any atom is 0.107 e. The number of rotatable bonds is 1. The van der Waals surface area contributed by atoms with Gasteiger partial charge in [-0.25, -0.2) is 0 Å². The van der Waals surface area contributed by atoms with Crippen LogP contribution in [-0.4, -0.2) is 22.9 Å². The van der Waals surface area contributed by atoms with Gasteiger partial charge in [-0.05, 0) is 32.1 Å². The fraction of sp³-hybridized carbons (Fsp3) is 0.818. The molecule has 0 aromatic heterocycles. The van der Waals surface area contributed by atoms with E-state index in [0.717, 1.165) is 19.3 Å². The fourth-order valence-electron chi connectivity index (χ4n) is 3.39. The second-order valence-corrected chi connectivity index (χ2v) is 4.64. The summed E-state index contributed by atoms with van der Waals surface area (Å²) < 4.78 is 5.99. The molecule has 2 nitrogen and oxygen atoms in total. The third-order valence-electron chi connectivity index (χ3n) is 4.16. The van der Waals surface area contributed by atoms with Gasteiger partial charge in [0.15, 0.2) is 0 Å². The summed E-state index contributed by atoms with van der Waals surface area (Å²) in [6.45, 7) is 0.301. The zero-order valence-corrected chi connectivity index (χ0v) is 7.83. The number of hydrogen-bond donors (Lipinski definition) is 1. The van der Waals surface area contributed by atoms with Gasteiger partial charge in [0.25, 0.3) is 0 Å². The normalized spacial score (nSPS) is 52.5. The van der Waals surface area contributed by atoms with Gasteiger partial charge in [-0.2, -0.15) is 0 Å². The number of epoxide rings is 1. The maximum absolute atomic E-state index is 9.31. The minimum absolute atomic E-state index is 0.0503. The average Bonchev–Trinajstić information content (AvgIpc) is 2.86. The van der Waals surface area contributed by atoms with E-state index in [1.165, 1.54) is 12.8 Å². The quantitative estimate of drug-likeness (QED) is 0.491. The highest BCUT2D eigenvalue weighted by Gasteiger charge is 2.73. The Balaban J connectivity index is 1.94. The molecule has 3 unspecified atom stereocenters. The van der Waals surface area contributed by atoms with Gasteiger partial charge in [0.05, 0.1) is 0 Å². The Kier molecular flexibility index (Phi) is 1.46. The molecule has 0 amide bonds. The van der Waals surface area contributed by atoms with E-state index in [9.17, 15) is 5.11 Å². The van der Waals surface area contributed by atoms with Crippen molar-refractivity contribution in [2.24, 2.45) is 5.92 Å². The summed E-state index contributed by atoms with van der Waals surface area (Å²) in [5, 5.41) is 9.31. The van der Waals surface area contributed by atoms with E-state index >= 15 is 0 Å². The molecule has 0 bridgehead atoms. The Bertz CT molecular complexity index is 261. The number of ether oxygens (including phenoxy) is 1. The Hall–Kier alpha value is -0.340. The molecule has 1 aliphatic heterocycles. The van der Waals surface area contributed by atoms with Gasteiger partial charge in [-0.1, -0.05) is 12.2 Å². The molecule has 2 aliphatic carbocycles. The van der Waals surface area contributed by atoms with Crippen LogP contribution in [0.1, 0.15) is 32.1 Å². The predicted molar refractivity (Wildman–Crippen MR) is 49.3 cm³/mol. The Morgan fingerprint density at radius 3 is 3.08 bits per heavy atom. The molecule has 13 heavy (non-hydrogen) atoms. The first kappa shape index (κ1) is 8.01. The smallest absolute Gasteiger partial charge is 0.107 e. The summed E-state index contributed by atoms with van der Waals surface area (Å²) in [4.78, 5) is 0. The minimum Gasteiger partial charge on any atom is -0.396 e. The van der Waals surface area contributed by atoms with E-state index in [4.69, 9.17) is 4.74 Å². The first-order valence-electron chi connectivity index (χ1n) is 5.29. The standard InChI is InChI=1S/C11H16O2/c12-8-9-4-3-6-10-5-1-2-7-11(9,10)13-10/h1-2,9,12H,3-8H2. The SMILES string of the molecule is OCC1CCCC23CC=CCC12O3. The average molecular weight is 180 g/mol. The third-order valence-corrected chi connectivity index (χ3v) is 4.16. The summed E-state index contributed by atoms with van der Waals surface area (Å²) in [6.07, 6.45) is 10.1. The fourth-order valence-corrected chi connectivity index (χ4v) is 3.39. The van der Waals surface area contributed by atoms with Gasteiger partial charge < -0.3 is 9.84 Å². The van der Waals surface area contributed by atoms with E-state index in [-0.39, 0.29) is 11.2 Å². The molecular formula is C11H16O2. The summed E-state index contributed by atoms with van der Waals surface area (Å²) in [5.74, 6) is 0.395. The van der Waals surface area contributed by atoms with Crippen LogP contribution in [0.5, 0.6) is 0 Å². The van der Waals surface area contributed by atoms with Crippen molar-refractivity contribution in [3.63, 3.8) is 0 Å². The van der Waals surface area contributed by atoms with Crippen molar-refractivity contribution >= 4 is 0 Å². The van der Waals surface area contributed by atoms with E-state index in [0.29, 0.717) is 12.5 Å². The summed E-state index contributed by atoms with van der Waals surface area (Å²) in [5.41, 5.74) is 0.197. The number of hydrogen-bond acceptors (Lipinski definition) is 2. The molecule has 3 atom stereocenters. The largest absolute Gasteiger partial charge is 0.396 e. The highest BCUT2D eigenvalue weighted by Crippen LogP contribution is 2.65. The van der Waals surface area contributed by atoms with Crippen LogP contribution in [0.2, 0.25) is 0 Å². The minimum atomic E-state index is 0.0503. The molecule has 2 heteroatoms. The van der Waals surface area contributed by atoms with Crippen molar-refractivity contribution in [2.45, 2.75) is 43.3 Å². The van der Waals surface area contributed by atoms with Crippen LogP contribution in [0.3, 0.4) is 0 Å². The second kappa shape index (κ2) is 2.37. The molecule has 0 radical (unpaired) electrons. The van der Waals surface area contributed by atoms with Gasteiger partial charge in [-0.3, -0.25) is 0 Å². The lowest BCUT2D eigenvalue weighted by atomic mass is 9.68. The molecule has 1 N–H and O–H groups in total. The molecule has 3 rings (SSSR count). The van der Waals surface area contributed by atoms with Gasteiger partial charge in [0, 0.05) is 12.5 Å². The lowest BCUT2D eigenvalue weighted by molar-refractivity contribution is 0.125. The molecule has 1 saturated heterocycles. The maximum atomic E-state index is 9.31. The highest BCUT2D eigenvalue weighted by molar-refractivity contribution is 5.27. The molecule has 0 spiro atoms. The molecule has 1 saturated carbocycles. The highest BCUT2D eigenvalue weighted by atomic mass is 16.6. The Labute approximate surface area is 78.6 Å². The molecule has 0 aromatic rings. The van der Waals surface area contributed by atoms with Gasteiger partial charge in [0.1, 0.15) is 11.2 Å². The lowest BCUT2D eigenvalue weighted by Crippen LogP contribution is -2.40. The number of aliphatic hydroxyl groups excluding tert-OH is 1. The zero-order chi connectivity index (χ0) is 8.94. The van der Waals surface area contributed by atoms with Crippen LogP contribution in [0.15, 0.2) is 12.2 Å². The molecule has 72 valence electrons. The van der Waals surface area contributed by atoms with Crippen molar-refractivity contribution < 1.29 is 9.84 Å². The predicted octanol–water partition coefficient (Wildman–Crippen LogP) is 1.64. The lowest BCUT2D eigenvalue weighted by Gasteiger charge is -2.32. The van der Waals surface area contributed by atoms with E-state index in [1.54, 1.807) is 0 Å². The Morgan fingerprint density at radius 2 is 2.23 bits per heavy atom. The van der Waals surface area contributed by atoms with Crippen molar-refractivity contribution in [2.75, 3.05) is 6.61 Å². The van der Waals surface area contributed by atoms with Crippen LogP contribution in [0.25, 0.3) is 0 Å². The van der Waals surface area contributed by atoms with Crippen LogP contribution >= 0.6 is 0 Å². The van der Waals surface area contributed by atoms with Crippen molar-refractivity contribution in [3.8, 4) is 0 Å². The van der Waals surface area contributed by atoms with E-state index < -0.39 is 0 Å². The Morgan fingerprint density at radius 1 is 1.38 bits per heavy atom. The topological polar surface area (TPSA) is 32.8 Å². The van der Waals surface area contributed by atoms with Crippen LogP contribution in [-0.2, 0) is 4.74 Å². The van der Waals surface area contributed by atoms with Gasteiger partial charge >= 0.3 is 0 Å². The van der Waals surface area contributed by atoms with Crippen LogP contribution in [0.4, 0.5) is 0 Å². The van der Waals surface area contributed by atoms with Crippen molar-refractivity contribution in [1.82, 2.24) is 0 Å². The molecule has 2 fully saturated rings. The third kappa shape index (κ3) is 0.810. The van der Waals surface area contributed by atoms with Crippen molar-refractivity contribution in [1.29, 1.82) is 0 Å². The first-order chi connectivity index (χ1) is 6.33. The summed E-state index contributed by atoms with van der Waals surface area (Å²) in [7, 11) is 0. The van der Waals surface area contributed by atoms with Crippen LogP contribution in [0, 0.1) is 5.92 Å². The van der Waals surface area contributed by atoms with E-state index in [2.05, 4.69) is 12.2 Å². The zero-order valence-electron chi connectivity index (χ0n) is 7.83. The summed E-state index contributed by atoms with van der Waals surface area (Å²) >= 11 is 0. The molecule has 3 aliphatic rings. The molecular weight excluding hydrogens is 164 g/mol. The van der Waals surface area contributed by atoms with Crippen molar-refractivity contribution in [3.05, 3.63) is 12.2 Å². The molecule has 1 heterocycles. The van der Waals surface area contributed by atoms with Gasteiger partial charge in [0.2, 0.25) is 0 Å². The first-order valence-corrected chi connectivity index (χ1v) is 5.29. The van der Waals surface area contributed by atoms with Gasteiger partial charge in [-0.15, -0.1) is 0 Å². The second-order valence-electron chi connectivity index (χ2n) is 4.64. The summed E-state index contributed by atoms with van der Waals surface area (Å²) in [6, 6.07) is 0. The molecule has 0 aromatic carbocycles. The van der Waals surface area contributed by atoms with E-state index in [1.807, 2.05) is 0 Å².